The molecule has 1 aromatic rings. The number of hydrogen-bond donors (Lipinski definition) is 2. The maximum Gasteiger partial charge on any atom is 0.257 e. The SMILES string of the molecule is Cc1ncc(C(=O)N2CC[C@](C)(O)[C@H](O)C2)c(C)n1. The lowest BCUT2D eigenvalue weighted by molar-refractivity contribution is -0.0999. The smallest absolute Gasteiger partial charge is 0.257 e. The number of amides is 1. The lowest BCUT2D eigenvalue weighted by Gasteiger charge is -2.39. The van der Waals surface area contributed by atoms with Gasteiger partial charge in [0.2, 0.25) is 0 Å². The average molecular weight is 265 g/mol. The van der Waals surface area contributed by atoms with E-state index in [1.165, 1.54) is 11.1 Å². The number of aliphatic hydroxyl groups is 2. The van der Waals surface area contributed by atoms with Crippen molar-refractivity contribution in [1.29, 1.82) is 0 Å². The monoisotopic (exact) mass is 265 g/mol. The van der Waals surface area contributed by atoms with Crippen LogP contribution in [-0.4, -0.2) is 55.8 Å². The Morgan fingerprint density at radius 2 is 2.21 bits per heavy atom. The second-order valence-electron chi connectivity index (χ2n) is 5.29. The largest absolute Gasteiger partial charge is 0.388 e. The van der Waals surface area contributed by atoms with E-state index < -0.39 is 11.7 Å². The number of aliphatic hydroxyl groups excluding tert-OH is 1. The number of aromatic nitrogens is 2. The second kappa shape index (κ2) is 4.86. The maximum atomic E-state index is 12.3. The molecule has 1 aromatic heterocycles. The van der Waals surface area contributed by atoms with Crippen molar-refractivity contribution < 1.29 is 15.0 Å². The fraction of sp³-hybridized carbons (Fsp3) is 0.615. The van der Waals surface area contributed by atoms with Crippen molar-refractivity contribution in [2.75, 3.05) is 13.1 Å². The molecule has 0 spiro atoms. The first-order chi connectivity index (χ1) is 8.81. The quantitative estimate of drug-likeness (QED) is 0.749. The van der Waals surface area contributed by atoms with Crippen molar-refractivity contribution in [2.45, 2.75) is 38.9 Å². The minimum absolute atomic E-state index is 0.124. The Kier molecular flexibility index (Phi) is 3.56. The normalized spacial score (nSPS) is 27.4. The van der Waals surface area contributed by atoms with Crippen LogP contribution in [-0.2, 0) is 0 Å². The molecule has 6 nitrogen and oxygen atoms in total. The molecule has 0 saturated carbocycles. The molecule has 1 fully saturated rings. The van der Waals surface area contributed by atoms with E-state index in [1.807, 2.05) is 0 Å². The topological polar surface area (TPSA) is 86.6 Å². The van der Waals surface area contributed by atoms with Gasteiger partial charge in [-0.05, 0) is 27.2 Å². The average Bonchev–Trinajstić information content (AvgIpc) is 2.32. The first kappa shape index (κ1) is 13.9. The fourth-order valence-electron chi connectivity index (χ4n) is 2.17. The molecular weight excluding hydrogens is 246 g/mol. The van der Waals surface area contributed by atoms with E-state index in [9.17, 15) is 15.0 Å². The van der Waals surface area contributed by atoms with Crippen LogP contribution in [0.3, 0.4) is 0 Å². The predicted molar refractivity (Wildman–Crippen MR) is 68.7 cm³/mol. The molecule has 1 amide bonds. The van der Waals surface area contributed by atoms with E-state index in [4.69, 9.17) is 0 Å². The Bertz CT molecular complexity index is 502. The van der Waals surface area contributed by atoms with Crippen molar-refractivity contribution in [1.82, 2.24) is 14.9 Å². The molecule has 0 aliphatic carbocycles. The molecule has 2 rings (SSSR count). The highest BCUT2D eigenvalue weighted by Gasteiger charge is 2.38. The van der Waals surface area contributed by atoms with Gasteiger partial charge in [0.1, 0.15) is 5.82 Å². The number of carbonyl (C=O) groups excluding carboxylic acids is 1. The van der Waals surface area contributed by atoms with Gasteiger partial charge in [-0.25, -0.2) is 9.97 Å². The van der Waals surface area contributed by atoms with Crippen LogP contribution in [0.15, 0.2) is 6.20 Å². The number of hydrogen-bond acceptors (Lipinski definition) is 5. The van der Waals surface area contributed by atoms with Gasteiger partial charge in [-0.1, -0.05) is 0 Å². The molecule has 0 bridgehead atoms. The zero-order chi connectivity index (χ0) is 14.2. The van der Waals surface area contributed by atoms with Gasteiger partial charge in [-0.3, -0.25) is 4.79 Å². The summed E-state index contributed by atoms with van der Waals surface area (Å²) in [4.78, 5) is 22.1. The third kappa shape index (κ3) is 2.74. The number of β-amino-alcohol motifs (C(OH)–C–C–N with tert-alkyl or cyclic N) is 1. The van der Waals surface area contributed by atoms with Crippen LogP contribution >= 0.6 is 0 Å². The predicted octanol–water partition coefficient (Wildman–Crippen LogP) is 0.0512. The van der Waals surface area contributed by atoms with Gasteiger partial charge < -0.3 is 15.1 Å². The van der Waals surface area contributed by atoms with E-state index in [0.29, 0.717) is 30.0 Å². The molecule has 0 unspecified atom stereocenters. The lowest BCUT2D eigenvalue weighted by atomic mass is 9.90. The van der Waals surface area contributed by atoms with Crippen molar-refractivity contribution in [3.05, 3.63) is 23.3 Å². The third-order valence-electron chi connectivity index (χ3n) is 3.62. The minimum Gasteiger partial charge on any atom is -0.388 e. The van der Waals surface area contributed by atoms with Gasteiger partial charge >= 0.3 is 0 Å². The Hall–Kier alpha value is -1.53. The van der Waals surface area contributed by atoms with E-state index in [2.05, 4.69) is 9.97 Å². The zero-order valence-electron chi connectivity index (χ0n) is 11.4. The Balaban J connectivity index is 2.17. The van der Waals surface area contributed by atoms with Crippen LogP contribution in [0, 0.1) is 13.8 Å². The van der Waals surface area contributed by atoms with Crippen molar-refractivity contribution in [3.8, 4) is 0 Å². The van der Waals surface area contributed by atoms with Crippen LogP contribution in [0.2, 0.25) is 0 Å². The maximum absolute atomic E-state index is 12.3. The van der Waals surface area contributed by atoms with Crippen LogP contribution in [0.1, 0.15) is 35.2 Å². The van der Waals surface area contributed by atoms with E-state index in [0.717, 1.165) is 0 Å². The number of nitrogens with zero attached hydrogens (tertiary/aromatic N) is 3. The molecule has 2 N–H and O–H groups in total. The molecule has 104 valence electrons. The third-order valence-corrected chi connectivity index (χ3v) is 3.62. The summed E-state index contributed by atoms with van der Waals surface area (Å²) >= 11 is 0. The van der Waals surface area contributed by atoms with Gasteiger partial charge in [0.25, 0.3) is 5.91 Å². The molecule has 19 heavy (non-hydrogen) atoms. The van der Waals surface area contributed by atoms with Crippen molar-refractivity contribution in [3.63, 3.8) is 0 Å². The Morgan fingerprint density at radius 1 is 1.53 bits per heavy atom. The molecule has 0 radical (unpaired) electrons. The molecule has 1 saturated heterocycles. The highest BCUT2D eigenvalue weighted by atomic mass is 16.3. The van der Waals surface area contributed by atoms with Gasteiger partial charge in [-0.15, -0.1) is 0 Å². The summed E-state index contributed by atoms with van der Waals surface area (Å²) in [5.41, 5.74) is -0.0565. The number of carbonyl (C=O) groups is 1. The van der Waals surface area contributed by atoms with Gasteiger partial charge in [0.15, 0.2) is 0 Å². The van der Waals surface area contributed by atoms with E-state index >= 15 is 0 Å². The standard InChI is InChI=1S/C13H19N3O3/c1-8-10(6-14-9(2)15-8)12(18)16-5-4-13(3,19)11(17)7-16/h6,11,17,19H,4-5,7H2,1-3H3/t11-,13+/m1/s1. The number of piperidine rings is 1. The summed E-state index contributed by atoms with van der Waals surface area (Å²) in [5, 5.41) is 19.7. The summed E-state index contributed by atoms with van der Waals surface area (Å²) in [6, 6.07) is 0. The van der Waals surface area contributed by atoms with E-state index in [-0.39, 0.29) is 12.5 Å². The molecule has 1 aliphatic heterocycles. The Labute approximate surface area is 112 Å². The highest BCUT2D eigenvalue weighted by Crippen LogP contribution is 2.23. The Morgan fingerprint density at radius 3 is 2.79 bits per heavy atom. The first-order valence-corrected chi connectivity index (χ1v) is 6.31. The first-order valence-electron chi connectivity index (χ1n) is 6.31. The highest BCUT2D eigenvalue weighted by molar-refractivity contribution is 5.95. The number of likely N-dealkylation sites (tertiary alicyclic amines) is 1. The molecule has 2 heterocycles. The van der Waals surface area contributed by atoms with Crippen LogP contribution in [0.4, 0.5) is 0 Å². The van der Waals surface area contributed by atoms with Gasteiger partial charge in [0, 0.05) is 19.3 Å². The van der Waals surface area contributed by atoms with Crippen molar-refractivity contribution >= 4 is 5.91 Å². The van der Waals surface area contributed by atoms with Gasteiger partial charge in [-0.2, -0.15) is 0 Å². The molecule has 2 atom stereocenters. The number of rotatable bonds is 1. The van der Waals surface area contributed by atoms with Crippen LogP contribution < -0.4 is 0 Å². The molecule has 0 aromatic carbocycles. The van der Waals surface area contributed by atoms with Crippen LogP contribution in [0.5, 0.6) is 0 Å². The summed E-state index contributed by atoms with van der Waals surface area (Å²) in [6.45, 7) is 5.65. The summed E-state index contributed by atoms with van der Waals surface area (Å²) in [6.07, 6.45) is 0.932. The second-order valence-corrected chi connectivity index (χ2v) is 5.29. The minimum atomic E-state index is -1.13. The van der Waals surface area contributed by atoms with Crippen LogP contribution in [0.25, 0.3) is 0 Å². The van der Waals surface area contributed by atoms with Gasteiger partial charge in [0.05, 0.1) is 23.0 Å². The fourth-order valence-corrected chi connectivity index (χ4v) is 2.17. The number of aryl methyl sites for hydroxylation is 2. The molecular formula is C13H19N3O3. The van der Waals surface area contributed by atoms with Crippen molar-refractivity contribution in [2.24, 2.45) is 0 Å². The van der Waals surface area contributed by atoms with E-state index in [1.54, 1.807) is 20.8 Å². The molecule has 1 aliphatic rings. The summed E-state index contributed by atoms with van der Waals surface area (Å²) < 4.78 is 0. The zero-order valence-corrected chi connectivity index (χ0v) is 11.4. The summed E-state index contributed by atoms with van der Waals surface area (Å²) in [7, 11) is 0. The molecule has 6 heteroatoms. The lowest BCUT2D eigenvalue weighted by Crippen LogP contribution is -2.55. The summed E-state index contributed by atoms with van der Waals surface area (Å²) in [5.74, 6) is 0.419.